The summed E-state index contributed by atoms with van der Waals surface area (Å²) >= 11 is 5.37. The molecular weight excluding hydrogens is 235 g/mol. The molecule has 0 fully saturated rings. The monoisotopic (exact) mass is 256 g/mol. The minimum absolute atomic E-state index is 0.0115. The third-order valence-corrected chi connectivity index (χ3v) is 7.21. The van der Waals surface area contributed by atoms with Gasteiger partial charge in [-0.25, -0.2) is 0 Å². The van der Waals surface area contributed by atoms with Crippen LogP contribution >= 0.6 is 29.4 Å². The van der Waals surface area contributed by atoms with Gasteiger partial charge in [-0.1, -0.05) is 63.7 Å². The van der Waals surface area contributed by atoms with Gasteiger partial charge in [-0.2, -0.15) is 0 Å². The Morgan fingerprint density at radius 2 is 2.00 bits per heavy atom. The van der Waals surface area contributed by atoms with Gasteiger partial charge in [0.15, 0.2) is 0 Å². The van der Waals surface area contributed by atoms with E-state index in [1.807, 2.05) is 0 Å². The summed E-state index contributed by atoms with van der Waals surface area (Å²) in [5.74, 6) is -2.73. The average molecular weight is 256 g/mol. The fourth-order valence-corrected chi connectivity index (χ4v) is 6.49. The lowest BCUT2D eigenvalue weighted by Crippen LogP contribution is -2.13. The van der Waals surface area contributed by atoms with Crippen LogP contribution in [-0.2, 0) is 9.09 Å². The van der Waals surface area contributed by atoms with Gasteiger partial charge >= 0.3 is 5.77 Å². The molecule has 0 aromatic carbocycles. The number of hydrogen-bond acceptors (Lipinski definition) is 3. The molecule has 0 aromatic rings. The maximum atomic E-state index is 11.6. The number of unbranched alkanes of at least 4 members (excludes halogenated alkanes) is 2. The molecule has 5 heteroatoms. The predicted octanol–water partition coefficient (Wildman–Crippen LogP) is 4.76. The lowest BCUT2D eigenvalue weighted by Gasteiger charge is -2.25. The predicted molar refractivity (Wildman–Crippen MR) is 69.4 cm³/mol. The third kappa shape index (κ3) is 7.22. The molecule has 14 heavy (non-hydrogen) atoms. The molecule has 0 saturated carbocycles. The van der Waals surface area contributed by atoms with Crippen molar-refractivity contribution in [2.75, 3.05) is 7.11 Å². The van der Waals surface area contributed by atoms with Crippen LogP contribution in [0.1, 0.15) is 46.5 Å². The molecule has 0 spiro atoms. The summed E-state index contributed by atoms with van der Waals surface area (Å²) in [7, 11) is 1.45. The van der Waals surface area contributed by atoms with Crippen molar-refractivity contribution in [2.24, 2.45) is 0 Å². The van der Waals surface area contributed by atoms with Gasteiger partial charge < -0.3 is 4.52 Å². The summed E-state index contributed by atoms with van der Waals surface area (Å²) < 4.78 is 16.5. The Kier molecular flexibility index (Phi) is 6.88. The van der Waals surface area contributed by atoms with Gasteiger partial charge in [0.2, 0.25) is 0 Å². The zero-order valence-electron chi connectivity index (χ0n) is 9.45. The van der Waals surface area contributed by atoms with Crippen LogP contribution in [0.15, 0.2) is 0 Å². The topological polar surface area (TPSA) is 26.3 Å². The largest absolute Gasteiger partial charge is 0.317 e. The maximum absolute atomic E-state index is 11.6. The van der Waals surface area contributed by atoms with Gasteiger partial charge in [0.05, 0.1) is 0 Å². The van der Waals surface area contributed by atoms with Crippen LogP contribution in [-0.4, -0.2) is 11.9 Å². The highest BCUT2D eigenvalue weighted by Gasteiger charge is 2.29. The molecule has 0 heterocycles. The van der Waals surface area contributed by atoms with E-state index in [-0.39, 0.29) is 4.75 Å². The van der Waals surface area contributed by atoms with E-state index < -0.39 is 5.77 Å². The Balaban J connectivity index is 4.00. The highest BCUT2D eigenvalue weighted by molar-refractivity contribution is 8.84. The van der Waals surface area contributed by atoms with Gasteiger partial charge in [0.25, 0.3) is 0 Å². The molecular formula is C9H21O2PS2. The fraction of sp³-hybridized carbons (Fsp3) is 1.00. The Morgan fingerprint density at radius 1 is 1.43 bits per heavy atom. The normalized spacial score (nSPS) is 16.6. The molecule has 0 radical (unpaired) electrons. The average Bonchev–Trinajstić information content (AvgIpc) is 2.03. The lowest BCUT2D eigenvalue weighted by atomic mass is 10.0. The van der Waals surface area contributed by atoms with Crippen LogP contribution in [0.4, 0.5) is 0 Å². The maximum Gasteiger partial charge on any atom is 0.310 e. The molecule has 0 aliphatic carbocycles. The lowest BCUT2D eigenvalue weighted by molar-refractivity contribution is 0.423. The molecule has 0 aliphatic rings. The molecule has 86 valence electrons. The zero-order chi connectivity index (χ0) is 11.2. The molecule has 2 nitrogen and oxygen atoms in total. The summed E-state index contributed by atoms with van der Waals surface area (Å²) in [5.41, 5.74) is 0. The van der Waals surface area contributed by atoms with Gasteiger partial charge in [0, 0.05) is 11.9 Å². The Labute approximate surface area is 96.9 Å². The first kappa shape index (κ1) is 14.9. The van der Waals surface area contributed by atoms with Crippen LogP contribution in [0.3, 0.4) is 0 Å². The van der Waals surface area contributed by atoms with Gasteiger partial charge in [-0.05, 0) is 6.42 Å². The number of hydrogen-bond donors (Lipinski definition) is 1. The van der Waals surface area contributed by atoms with Crippen LogP contribution in [0.5, 0.6) is 0 Å². The van der Waals surface area contributed by atoms with E-state index in [9.17, 15) is 4.57 Å². The number of thiol groups is 1. The second-order valence-corrected chi connectivity index (χ2v) is 10.9. The SMILES string of the molecule is CCCCCC(C)(C)SP(=O)(S)OC. The zero-order valence-corrected chi connectivity index (χ0v) is 12.1. The Morgan fingerprint density at radius 3 is 2.43 bits per heavy atom. The highest BCUT2D eigenvalue weighted by Crippen LogP contribution is 2.67. The Bertz CT molecular complexity index is 207. The van der Waals surface area contributed by atoms with E-state index in [0.717, 1.165) is 6.42 Å². The van der Waals surface area contributed by atoms with E-state index in [2.05, 4.69) is 33.0 Å². The molecule has 1 atom stereocenters. The van der Waals surface area contributed by atoms with E-state index in [1.54, 1.807) is 0 Å². The summed E-state index contributed by atoms with van der Waals surface area (Å²) in [6.07, 6.45) is 4.67. The summed E-state index contributed by atoms with van der Waals surface area (Å²) in [6.45, 7) is 6.36. The molecule has 0 N–H and O–H groups in total. The molecule has 1 unspecified atom stereocenters. The van der Waals surface area contributed by atoms with Crippen molar-refractivity contribution < 1.29 is 9.09 Å². The van der Waals surface area contributed by atoms with Crippen molar-refractivity contribution >= 4 is 29.4 Å². The van der Waals surface area contributed by atoms with E-state index in [0.29, 0.717) is 0 Å². The standard InChI is InChI=1S/C9H21O2PS2/c1-5-6-7-8-9(2,3)14-12(10,13)11-4/h5-8H2,1-4H3,(H,10,13). The molecule has 0 bridgehead atoms. The van der Waals surface area contributed by atoms with E-state index in [4.69, 9.17) is 4.52 Å². The first-order valence-electron chi connectivity index (χ1n) is 4.92. The van der Waals surface area contributed by atoms with Gasteiger partial charge in [-0.15, -0.1) is 0 Å². The van der Waals surface area contributed by atoms with Crippen molar-refractivity contribution in [2.45, 2.75) is 51.2 Å². The Hall–Kier alpha value is 0.890. The first-order valence-corrected chi connectivity index (χ1v) is 9.12. The second kappa shape index (κ2) is 6.47. The number of rotatable bonds is 7. The van der Waals surface area contributed by atoms with Crippen molar-refractivity contribution in [3.63, 3.8) is 0 Å². The van der Waals surface area contributed by atoms with Crippen molar-refractivity contribution in [1.29, 1.82) is 0 Å². The van der Waals surface area contributed by atoms with Crippen LogP contribution < -0.4 is 0 Å². The highest BCUT2D eigenvalue weighted by atomic mass is 33.1. The molecule has 0 rings (SSSR count). The molecule has 0 saturated heterocycles. The van der Waals surface area contributed by atoms with Crippen LogP contribution in [0.25, 0.3) is 0 Å². The van der Waals surface area contributed by atoms with Gasteiger partial charge in [-0.3, -0.25) is 4.57 Å². The first-order chi connectivity index (χ1) is 6.33. The smallest absolute Gasteiger partial charge is 0.310 e. The summed E-state index contributed by atoms with van der Waals surface area (Å²) in [4.78, 5) is 0. The van der Waals surface area contributed by atoms with E-state index >= 15 is 0 Å². The van der Waals surface area contributed by atoms with Gasteiger partial charge in [0.1, 0.15) is 0 Å². The summed E-state index contributed by atoms with van der Waals surface area (Å²) in [6, 6.07) is 0. The van der Waals surface area contributed by atoms with E-state index in [1.165, 1.54) is 37.8 Å². The van der Waals surface area contributed by atoms with Crippen LogP contribution in [0, 0.1) is 0 Å². The molecule has 0 aromatic heterocycles. The quantitative estimate of drug-likeness (QED) is 0.404. The fourth-order valence-electron chi connectivity index (χ4n) is 1.20. The van der Waals surface area contributed by atoms with Crippen molar-refractivity contribution in [1.82, 2.24) is 0 Å². The second-order valence-electron chi connectivity index (χ2n) is 3.96. The van der Waals surface area contributed by atoms with Crippen molar-refractivity contribution in [3.8, 4) is 0 Å². The minimum Gasteiger partial charge on any atom is -0.317 e. The molecule has 0 aliphatic heterocycles. The van der Waals surface area contributed by atoms with Crippen LogP contribution in [0.2, 0.25) is 0 Å². The summed E-state index contributed by atoms with van der Waals surface area (Å²) in [5, 5.41) is 0. The molecule has 0 amide bonds. The minimum atomic E-state index is -2.73. The van der Waals surface area contributed by atoms with Crippen molar-refractivity contribution in [3.05, 3.63) is 0 Å². The third-order valence-electron chi connectivity index (χ3n) is 1.98.